The quantitative estimate of drug-likeness (QED) is 0.0242. The molecule has 0 radical (unpaired) electrons. The third kappa shape index (κ3) is 27.8. The summed E-state index contributed by atoms with van der Waals surface area (Å²) in [5, 5.41) is 120. The summed E-state index contributed by atoms with van der Waals surface area (Å²) in [6.07, 6.45) is 21.2. The van der Waals surface area contributed by atoms with Gasteiger partial charge < -0.3 is 89.9 Å². The number of aliphatic hydroxyl groups excluding tert-OH is 11. The molecule has 3 rings (SSSR count). The zero-order chi connectivity index (χ0) is 58.3. The van der Waals surface area contributed by atoms with Crippen molar-refractivity contribution in [3.63, 3.8) is 0 Å². The Labute approximate surface area is 479 Å². The third-order valence-electron chi connectivity index (χ3n) is 15.7. The summed E-state index contributed by atoms with van der Waals surface area (Å²) in [5.74, 6) is -0.288. The highest BCUT2D eigenvalue weighted by atomic mass is 16.8. The molecule has 17 atom stereocenters. The van der Waals surface area contributed by atoms with Gasteiger partial charge in [0.2, 0.25) is 5.91 Å². The molecule has 0 spiro atoms. The maximum atomic E-state index is 13.3. The Morgan fingerprint density at radius 3 is 1.25 bits per heavy atom. The van der Waals surface area contributed by atoms with Gasteiger partial charge in [0.05, 0.1) is 38.6 Å². The monoisotopic (exact) mass is 1150 g/mol. The molecular weight excluding hydrogens is 1030 g/mol. The van der Waals surface area contributed by atoms with Gasteiger partial charge in [-0.25, -0.2) is 0 Å². The summed E-state index contributed by atoms with van der Waals surface area (Å²) in [6.45, 7) is 1.70. The molecule has 0 bridgehead atoms. The van der Waals surface area contributed by atoms with Crippen molar-refractivity contribution < 1.29 is 89.4 Å². The van der Waals surface area contributed by atoms with Crippen molar-refractivity contribution in [1.29, 1.82) is 0 Å². The number of hydrogen-bond acceptors (Lipinski definition) is 18. The molecule has 3 saturated heterocycles. The molecule has 0 aliphatic carbocycles. The van der Waals surface area contributed by atoms with Crippen LogP contribution in [0, 0.1) is 0 Å². The van der Waals surface area contributed by atoms with Crippen LogP contribution in [-0.2, 0) is 33.2 Å². The summed E-state index contributed by atoms with van der Waals surface area (Å²) in [7, 11) is 0. The molecule has 3 heterocycles. The Bertz CT molecular complexity index is 1600. The lowest BCUT2D eigenvalue weighted by Crippen LogP contribution is -2.66. The van der Waals surface area contributed by atoms with Crippen LogP contribution >= 0.6 is 0 Å². The molecule has 1 amide bonds. The number of rotatable bonds is 46. The van der Waals surface area contributed by atoms with Crippen LogP contribution < -0.4 is 5.32 Å². The molecule has 80 heavy (non-hydrogen) atoms. The van der Waals surface area contributed by atoms with Crippen molar-refractivity contribution >= 4 is 5.91 Å². The second kappa shape index (κ2) is 44.5. The van der Waals surface area contributed by atoms with Crippen LogP contribution in [0.15, 0.2) is 36.5 Å². The largest absolute Gasteiger partial charge is 0.394 e. The lowest BCUT2D eigenvalue weighted by Gasteiger charge is -2.48. The standard InChI is InChI=1S/C61H111NO18/c1-3-5-7-9-11-13-15-17-19-21-23-24-26-28-30-32-34-36-38-45(66)44(62-49(67)39-37-35-33-31-29-27-25-22-20-18-16-14-12-10-8-6-4-2)43-75-59-55(73)52(70)57(47(41-64)77-59)80-61-56(74)53(71)58(48(42-65)78-61)79-60-54(72)51(69)50(68)46(40-63)76-60/h21,23,28,30,36,38,44-48,50-61,63-66,68-74H,3-20,22,24-27,29,31-35,37,39-43H2,1-2H3,(H,62,67)/b23-21+,30-28+,38-36+. The van der Waals surface area contributed by atoms with Crippen molar-refractivity contribution in [1.82, 2.24) is 5.32 Å². The minimum absolute atomic E-state index is 0.235. The number of aliphatic hydroxyl groups is 11. The van der Waals surface area contributed by atoms with Crippen LogP contribution in [0.4, 0.5) is 0 Å². The number of allylic oxidation sites excluding steroid dienone is 5. The fourth-order valence-corrected chi connectivity index (χ4v) is 10.5. The molecule has 0 aromatic carbocycles. The number of carbonyl (C=O) groups excluding carboxylic acids is 1. The number of unbranched alkanes of at least 4 members (excludes halogenated alkanes) is 26. The van der Waals surface area contributed by atoms with E-state index in [0.29, 0.717) is 12.8 Å². The van der Waals surface area contributed by atoms with Gasteiger partial charge in [0.1, 0.15) is 73.2 Å². The summed E-state index contributed by atoms with van der Waals surface area (Å²) >= 11 is 0. The van der Waals surface area contributed by atoms with Gasteiger partial charge in [0.15, 0.2) is 18.9 Å². The molecule has 12 N–H and O–H groups in total. The number of ether oxygens (including phenoxy) is 6. The van der Waals surface area contributed by atoms with Crippen LogP contribution in [0.3, 0.4) is 0 Å². The van der Waals surface area contributed by atoms with Crippen molar-refractivity contribution in [3.05, 3.63) is 36.5 Å². The van der Waals surface area contributed by atoms with Gasteiger partial charge >= 0.3 is 0 Å². The molecule has 19 nitrogen and oxygen atoms in total. The Morgan fingerprint density at radius 2 is 0.800 bits per heavy atom. The average Bonchev–Trinajstić information content (AvgIpc) is 3.50. The van der Waals surface area contributed by atoms with Crippen molar-refractivity contribution in [2.75, 3.05) is 26.4 Å². The predicted octanol–water partition coefficient (Wildman–Crippen LogP) is 6.10. The molecule has 0 aromatic heterocycles. The Hall–Kier alpha value is -1.99. The minimum atomic E-state index is -1.98. The second-order valence-corrected chi connectivity index (χ2v) is 22.5. The van der Waals surface area contributed by atoms with Gasteiger partial charge in [-0.1, -0.05) is 198 Å². The van der Waals surface area contributed by atoms with Gasteiger partial charge in [-0.05, 0) is 44.9 Å². The Kier molecular flexibility index (Phi) is 40.2. The first-order valence-electron chi connectivity index (χ1n) is 31.2. The second-order valence-electron chi connectivity index (χ2n) is 22.5. The fourth-order valence-electron chi connectivity index (χ4n) is 10.5. The maximum absolute atomic E-state index is 13.3. The van der Waals surface area contributed by atoms with E-state index < -0.39 is 124 Å². The van der Waals surface area contributed by atoms with Gasteiger partial charge in [-0.3, -0.25) is 4.79 Å². The van der Waals surface area contributed by atoms with Gasteiger partial charge in [-0.15, -0.1) is 0 Å². The van der Waals surface area contributed by atoms with Crippen LogP contribution in [-0.4, -0.2) is 193 Å². The number of nitrogens with one attached hydrogen (secondary N) is 1. The first kappa shape index (κ1) is 72.3. The highest BCUT2D eigenvalue weighted by Crippen LogP contribution is 2.33. The highest BCUT2D eigenvalue weighted by molar-refractivity contribution is 5.76. The van der Waals surface area contributed by atoms with Crippen LogP contribution in [0.1, 0.15) is 213 Å². The molecular formula is C61H111NO18. The van der Waals surface area contributed by atoms with Crippen LogP contribution in [0.5, 0.6) is 0 Å². The van der Waals surface area contributed by atoms with Gasteiger partial charge in [0, 0.05) is 6.42 Å². The zero-order valence-electron chi connectivity index (χ0n) is 48.8. The van der Waals surface area contributed by atoms with Gasteiger partial charge in [0.25, 0.3) is 0 Å². The molecule has 3 aliphatic rings. The summed E-state index contributed by atoms with van der Waals surface area (Å²) in [5.41, 5.74) is 0. The minimum Gasteiger partial charge on any atom is -0.394 e. The van der Waals surface area contributed by atoms with E-state index in [1.54, 1.807) is 6.08 Å². The SMILES string of the molecule is CCCCCCCCCC/C=C/CC/C=C/CC/C=C/C(O)C(COC1OC(CO)C(OC2OC(CO)C(OC3OC(CO)C(O)C(O)C3O)C(O)C2O)C(O)C1O)NC(=O)CCCCCCCCCCCCCCCCCCC. The normalized spacial score (nSPS) is 30.2. The van der Waals surface area contributed by atoms with Crippen LogP contribution in [0.25, 0.3) is 0 Å². The van der Waals surface area contributed by atoms with Crippen LogP contribution in [0.2, 0.25) is 0 Å². The molecule has 3 fully saturated rings. The highest BCUT2D eigenvalue weighted by Gasteiger charge is 2.53. The number of carbonyl (C=O) groups is 1. The van der Waals surface area contributed by atoms with E-state index >= 15 is 0 Å². The van der Waals surface area contributed by atoms with E-state index in [2.05, 4.69) is 43.5 Å². The molecule has 19 heteroatoms. The van der Waals surface area contributed by atoms with E-state index in [9.17, 15) is 61.0 Å². The molecule has 17 unspecified atom stereocenters. The van der Waals surface area contributed by atoms with E-state index in [0.717, 1.165) is 44.9 Å². The van der Waals surface area contributed by atoms with E-state index in [1.807, 2.05) is 6.08 Å². The first-order chi connectivity index (χ1) is 38.8. The lowest BCUT2D eigenvalue weighted by molar-refractivity contribution is -0.379. The van der Waals surface area contributed by atoms with E-state index in [4.69, 9.17) is 28.4 Å². The predicted molar refractivity (Wildman–Crippen MR) is 305 cm³/mol. The molecule has 3 aliphatic heterocycles. The smallest absolute Gasteiger partial charge is 0.220 e. The van der Waals surface area contributed by atoms with E-state index in [1.165, 1.54) is 135 Å². The van der Waals surface area contributed by atoms with Crippen molar-refractivity contribution in [3.8, 4) is 0 Å². The van der Waals surface area contributed by atoms with Crippen molar-refractivity contribution in [2.45, 2.75) is 317 Å². The number of amides is 1. The number of hydrogen-bond donors (Lipinski definition) is 12. The average molecular weight is 1150 g/mol. The van der Waals surface area contributed by atoms with Crippen molar-refractivity contribution in [2.24, 2.45) is 0 Å². The topological polar surface area (TPSA) is 307 Å². The zero-order valence-corrected chi connectivity index (χ0v) is 48.8. The summed E-state index contributed by atoms with van der Waals surface area (Å²) in [6, 6.07) is -0.993. The summed E-state index contributed by atoms with van der Waals surface area (Å²) < 4.78 is 34.2. The maximum Gasteiger partial charge on any atom is 0.220 e. The first-order valence-corrected chi connectivity index (χ1v) is 31.2. The third-order valence-corrected chi connectivity index (χ3v) is 15.7. The van der Waals surface area contributed by atoms with E-state index in [-0.39, 0.29) is 18.9 Å². The Morgan fingerprint density at radius 1 is 0.438 bits per heavy atom. The lowest BCUT2D eigenvalue weighted by atomic mass is 9.96. The van der Waals surface area contributed by atoms with Gasteiger partial charge in [-0.2, -0.15) is 0 Å². The molecule has 468 valence electrons. The fraction of sp³-hybridized carbons (Fsp3) is 0.885. The molecule has 0 saturated carbocycles. The molecule has 0 aromatic rings. The Balaban J connectivity index is 1.51. The summed E-state index contributed by atoms with van der Waals surface area (Å²) in [4.78, 5) is 13.3.